The molecule has 1 amide bonds. The summed E-state index contributed by atoms with van der Waals surface area (Å²) in [7, 11) is 0. The number of hydrogen-bond acceptors (Lipinski definition) is 6. The van der Waals surface area contributed by atoms with Crippen LogP contribution in [0.2, 0.25) is 0 Å². The first-order chi connectivity index (χ1) is 14.7. The van der Waals surface area contributed by atoms with Crippen LogP contribution >= 0.6 is 0 Å². The zero-order valence-electron chi connectivity index (χ0n) is 16.5. The van der Waals surface area contributed by atoms with Crippen molar-refractivity contribution < 1.29 is 9.53 Å². The van der Waals surface area contributed by atoms with Crippen LogP contribution in [-0.4, -0.2) is 42.2 Å². The van der Waals surface area contributed by atoms with Crippen molar-refractivity contribution in [3.8, 4) is 11.3 Å². The van der Waals surface area contributed by atoms with Crippen molar-refractivity contribution in [1.29, 1.82) is 0 Å². The second-order valence-electron chi connectivity index (χ2n) is 6.83. The lowest BCUT2D eigenvalue weighted by Crippen LogP contribution is -2.36. The summed E-state index contributed by atoms with van der Waals surface area (Å²) >= 11 is 0. The minimum absolute atomic E-state index is 0.240. The molecule has 30 heavy (non-hydrogen) atoms. The van der Waals surface area contributed by atoms with Crippen molar-refractivity contribution in [3.63, 3.8) is 0 Å². The van der Waals surface area contributed by atoms with Gasteiger partial charge in [-0.3, -0.25) is 4.79 Å². The van der Waals surface area contributed by atoms with Gasteiger partial charge in [-0.05, 0) is 42.5 Å². The molecule has 0 bridgehead atoms. The Morgan fingerprint density at radius 2 is 1.70 bits per heavy atom. The van der Waals surface area contributed by atoms with Crippen molar-refractivity contribution in [1.82, 2.24) is 9.97 Å². The van der Waals surface area contributed by atoms with E-state index in [1.807, 2.05) is 42.5 Å². The third kappa shape index (κ3) is 4.82. The Balaban J connectivity index is 1.44. The smallest absolute Gasteiger partial charge is 0.247 e. The van der Waals surface area contributed by atoms with Crippen LogP contribution in [0.15, 0.2) is 73.6 Å². The fourth-order valence-electron chi connectivity index (χ4n) is 3.23. The van der Waals surface area contributed by atoms with E-state index in [-0.39, 0.29) is 5.91 Å². The molecule has 1 aliphatic heterocycles. The number of anilines is 4. The normalized spacial score (nSPS) is 13.5. The second kappa shape index (κ2) is 9.19. The van der Waals surface area contributed by atoms with Crippen molar-refractivity contribution in [3.05, 3.63) is 73.6 Å². The largest absolute Gasteiger partial charge is 0.378 e. The molecule has 4 rings (SSSR count). The molecule has 2 aromatic carbocycles. The first-order valence-corrected chi connectivity index (χ1v) is 9.77. The van der Waals surface area contributed by atoms with E-state index in [0.29, 0.717) is 11.5 Å². The zero-order chi connectivity index (χ0) is 20.8. The van der Waals surface area contributed by atoms with Gasteiger partial charge in [-0.1, -0.05) is 18.7 Å². The van der Waals surface area contributed by atoms with E-state index in [4.69, 9.17) is 4.74 Å². The average Bonchev–Trinajstić information content (AvgIpc) is 2.81. The maximum Gasteiger partial charge on any atom is 0.247 e. The molecule has 0 saturated carbocycles. The molecule has 0 atom stereocenters. The third-order valence-electron chi connectivity index (χ3n) is 4.82. The number of rotatable bonds is 6. The Hall–Kier alpha value is -3.71. The lowest BCUT2D eigenvalue weighted by atomic mass is 10.1. The van der Waals surface area contributed by atoms with E-state index in [9.17, 15) is 4.79 Å². The maximum atomic E-state index is 11.4. The fraction of sp³-hybridized carbons (Fsp3) is 0.174. The number of amides is 1. The number of carbonyl (C=O) groups is 1. The van der Waals surface area contributed by atoms with E-state index in [1.165, 1.54) is 18.1 Å². The Labute approximate surface area is 175 Å². The molecule has 7 heteroatoms. The number of nitrogens with one attached hydrogen (secondary N) is 2. The highest BCUT2D eigenvalue weighted by Crippen LogP contribution is 2.24. The SMILES string of the molecule is C=CC(=O)Nc1ccc(-c2cc(Nc3ccc(N4CCOCC4)cc3)ncn2)cc1. The number of ether oxygens (including phenoxy) is 1. The predicted molar refractivity (Wildman–Crippen MR) is 119 cm³/mol. The number of aromatic nitrogens is 2. The standard InChI is InChI=1S/C23H23N5O2/c1-2-23(29)27-19-5-3-17(4-6-19)21-15-22(25-16-24-21)26-18-7-9-20(10-8-18)28-11-13-30-14-12-28/h2-10,15-16H,1,11-14H2,(H,27,29)(H,24,25,26). The van der Waals surface area contributed by atoms with Crippen LogP contribution in [0.4, 0.5) is 22.9 Å². The molecule has 0 unspecified atom stereocenters. The highest BCUT2D eigenvalue weighted by molar-refractivity contribution is 5.98. The summed E-state index contributed by atoms with van der Waals surface area (Å²) < 4.78 is 5.41. The summed E-state index contributed by atoms with van der Waals surface area (Å²) in [6.45, 7) is 6.82. The van der Waals surface area contributed by atoms with Gasteiger partial charge in [0.1, 0.15) is 12.1 Å². The third-order valence-corrected chi connectivity index (χ3v) is 4.82. The van der Waals surface area contributed by atoms with Gasteiger partial charge < -0.3 is 20.3 Å². The molecular weight excluding hydrogens is 378 g/mol. The fourth-order valence-corrected chi connectivity index (χ4v) is 3.23. The lowest BCUT2D eigenvalue weighted by Gasteiger charge is -2.28. The Morgan fingerprint density at radius 1 is 1.00 bits per heavy atom. The number of hydrogen-bond donors (Lipinski definition) is 2. The molecule has 1 aliphatic rings. The molecule has 1 fully saturated rings. The van der Waals surface area contributed by atoms with Gasteiger partial charge in [0.05, 0.1) is 18.9 Å². The van der Waals surface area contributed by atoms with E-state index >= 15 is 0 Å². The maximum absolute atomic E-state index is 11.4. The molecule has 152 valence electrons. The minimum Gasteiger partial charge on any atom is -0.378 e. The van der Waals surface area contributed by atoms with Gasteiger partial charge in [0.15, 0.2) is 0 Å². The van der Waals surface area contributed by atoms with Crippen LogP contribution in [0.1, 0.15) is 0 Å². The minimum atomic E-state index is -0.240. The quantitative estimate of drug-likeness (QED) is 0.611. The molecule has 0 radical (unpaired) electrons. The highest BCUT2D eigenvalue weighted by Gasteiger charge is 2.11. The number of benzene rings is 2. The van der Waals surface area contributed by atoms with Crippen molar-refractivity contribution in [2.75, 3.05) is 41.8 Å². The van der Waals surface area contributed by atoms with E-state index < -0.39 is 0 Å². The molecule has 2 N–H and O–H groups in total. The molecule has 1 saturated heterocycles. The first kappa shape index (κ1) is 19.6. The monoisotopic (exact) mass is 401 g/mol. The van der Waals surface area contributed by atoms with Gasteiger partial charge in [0.2, 0.25) is 5.91 Å². The van der Waals surface area contributed by atoms with Gasteiger partial charge in [0.25, 0.3) is 0 Å². The molecule has 0 aliphatic carbocycles. The van der Waals surface area contributed by atoms with Crippen molar-refractivity contribution in [2.24, 2.45) is 0 Å². The van der Waals surface area contributed by atoms with Crippen LogP contribution < -0.4 is 15.5 Å². The Bertz CT molecular complexity index is 1010. The van der Waals surface area contributed by atoms with Crippen LogP contribution in [-0.2, 0) is 9.53 Å². The highest BCUT2D eigenvalue weighted by atomic mass is 16.5. The van der Waals surface area contributed by atoms with Crippen LogP contribution in [0.5, 0.6) is 0 Å². The molecular formula is C23H23N5O2. The first-order valence-electron chi connectivity index (χ1n) is 9.77. The van der Waals surface area contributed by atoms with Crippen LogP contribution in [0.25, 0.3) is 11.3 Å². The van der Waals surface area contributed by atoms with Gasteiger partial charge in [-0.25, -0.2) is 9.97 Å². The summed E-state index contributed by atoms with van der Waals surface area (Å²) in [6.07, 6.45) is 2.77. The van der Waals surface area contributed by atoms with E-state index in [1.54, 1.807) is 0 Å². The van der Waals surface area contributed by atoms with Gasteiger partial charge >= 0.3 is 0 Å². The molecule has 7 nitrogen and oxygen atoms in total. The molecule has 1 aromatic heterocycles. The van der Waals surface area contributed by atoms with Gasteiger partial charge in [0, 0.05) is 41.8 Å². The Kier molecular flexibility index (Phi) is 6.01. The van der Waals surface area contributed by atoms with E-state index in [0.717, 1.165) is 43.2 Å². The predicted octanol–water partition coefficient (Wildman–Crippen LogP) is 3.85. The summed E-state index contributed by atoms with van der Waals surface area (Å²) in [5.41, 5.74) is 4.57. The topological polar surface area (TPSA) is 79.4 Å². The molecule has 3 aromatic rings. The summed E-state index contributed by atoms with van der Waals surface area (Å²) in [6, 6.07) is 17.7. The number of morpholine rings is 1. The summed E-state index contributed by atoms with van der Waals surface area (Å²) in [5, 5.41) is 6.06. The molecule has 0 spiro atoms. The molecule has 2 heterocycles. The average molecular weight is 401 g/mol. The van der Waals surface area contributed by atoms with Crippen molar-refractivity contribution in [2.45, 2.75) is 0 Å². The van der Waals surface area contributed by atoms with Crippen LogP contribution in [0, 0.1) is 0 Å². The summed E-state index contributed by atoms with van der Waals surface area (Å²) in [4.78, 5) is 22.4. The number of carbonyl (C=O) groups excluding carboxylic acids is 1. The van der Waals surface area contributed by atoms with Crippen LogP contribution in [0.3, 0.4) is 0 Å². The zero-order valence-corrected chi connectivity index (χ0v) is 16.5. The summed E-state index contributed by atoms with van der Waals surface area (Å²) in [5.74, 6) is 0.471. The van der Waals surface area contributed by atoms with Crippen molar-refractivity contribution >= 4 is 28.8 Å². The van der Waals surface area contributed by atoms with Gasteiger partial charge in [-0.2, -0.15) is 0 Å². The van der Waals surface area contributed by atoms with Gasteiger partial charge in [-0.15, -0.1) is 0 Å². The second-order valence-corrected chi connectivity index (χ2v) is 6.83. The Morgan fingerprint density at radius 3 is 2.40 bits per heavy atom. The van der Waals surface area contributed by atoms with E-state index in [2.05, 4.69) is 44.2 Å². The lowest BCUT2D eigenvalue weighted by molar-refractivity contribution is -0.111. The number of nitrogens with zero attached hydrogens (tertiary/aromatic N) is 3.